The number of hydrogen-bond acceptors (Lipinski definition) is 6. The van der Waals surface area contributed by atoms with E-state index >= 15 is 0 Å². The molecule has 10 heteroatoms. The topological polar surface area (TPSA) is 98.8 Å². The fourth-order valence-electron chi connectivity index (χ4n) is 3.33. The first kappa shape index (κ1) is 18.8. The summed E-state index contributed by atoms with van der Waals surface area (Å²) in [5.74, 6) is 0.727. The van der Waals surface area contributed by atoms with Gasteiger partial charge in [0.15, 0.2) is 11.5 Å². The van der Waals surface area contributed by atoms with Crippen molar-refractivity contribution in [3.63, 3.8) is 0 Å². The molecule has 0 bridgehead atoms. The normalized spacial score (nSPS) is 16.9. The molecule has 1 atom stereocenters. The summed E-state index contributed by atoms with van der Waals surface area (Å²) in [6.07, 6.45) is 4.95. The first-order chi connectivity index (χ1) is 13.6. The maximum Gasteiger partial charge on any atom is 0.241 e. The Morgan fingerprint density at radius 3 is 2.86 bits per heavy atom. The van der Waals surface area contributed by atoms with Gasteiger partial charge in [-0.1, -0.05) is 23.2 Å². The third-order valence-electron chi connectivity index (χ3n) is 4.64. The number of nitrogens with zero attached hydrogens (tertiary/aromatic N) is 4. The lowest BCUT2D eigenvalue weighted by Crippen LogP contribution is -2.47. The monoisotopic (exact) mass is 419 g/mol. The number of benzene rings is 1. The van der Waals surface area contributed by atoms with Gasteiger partial charge in [0.1, 0.15) is 11.8 Å². The second-order valence-electron chi connectivity index (χ2n) is 6.66. The highest BCUT2D eigenvalue weighted by molar-refractivity contribution is 6.35. The van der Waals surface area contributed by atoms with Crippen LogP contribution in [0.15, 0.2) is 30.9 Å². The average molecular weight is 420 g/mol. The Kier molecular flexibility index (Phi) is 5.50. The van der Waals surface area contributed by atoms with E-state index in [2.05, 4.69) is 30.6 Å². The third kappa shape index (κ3) is 4.28. The Labute approximate surface area is 171 Å². The van der Waals surface area contributed by atoms with Crippen molar-refractivity contribution in [3.8, 4) is 0 Å². The number of halogens is 2. The second kappa shape index (κ2) is 8.20. The molecule has 1 aliphatic rings. The van der Waals surface area contributed by atoms with Gasteiger partial charge in [-0.2, -0.15) is 0 Å². The summed E-state index contributed by atoms with van der Waals surface area (Å²) in [5.41, 5.74) is 2.11. The summed E-state index contributed by atoms with van der Waals surface area (Å²) in [6, 6.07) is 5.25. The van der Waals surface area contributed by atoms with Gasteiger partial charge in [-0.15, -0.1) is 0 Å². The van der Waals surface area contributed by atoms with Gasteiger partial charge in [0.05, 0.1) is 12.9 Å². The standard InChI is InChI=1S/C18H19Cl2N7O/c19-11-4-12(20)6-14(5-11)21-7-15(28)27-3-1-2-13(8-27)26-18-16-17(23-9-22-16)24-10-25-18/h4-6,9-10,13,21H,1-3,7-8H2,(H2,22,23,24,25,26)/t13-/m0/s1. The van der Waals surface area contributed by atoms with Crippen molar-refractivity contribution >= 4 is 51.8 Å². The summed E-state index contributed by atoms with van der Waals surface area (Å²) >= 11 is 12.0. The highest BCUT2D eigenvalue weighted by atomic mass is 35.5. The van der Waals surface area contributed by atoms with Crippen LogP contribution in [0.2, 0.25) is 10.0 Å². The number of amides is 1. The molecule has 3 heterocycles. The number of aromatic nitrogens is 4. The molecule has 8 nitrogen and oxygen atoms in total. The number of carbonyl (C=O) groups excluding carboxylic acids is 1. The number of piperidine rings is 1. The van der Waals surface area contributed by atoms with Crippen molar-refractivity contribution < 1.29 is 4.79 Å². The Bertz CT molecular complexity index is 973. The van der Waals surface area contributed by atoms with Crippen molar-refractivity contribution in [2.75, 3.05) is 30.3 Å². The predicted octanol–water partition coefficient (Wildman–Crippen LogP) is 3.17. The molecule has 1 amide bonds. The van der Waals surface area contributed by atoms with E-state index < -0.39 is 0 Å². The van der Waals surface area contributed by atoms with E-state index in [1.165, 1.54) is 6.33 Å². The van der Waals surface area contributed by atoms with E-state index in [-0.39, 0.29) is 18.5 Å². The quantitative estimate of drug-likeness (QED) is 0.587. The Morgan fingerprint density at radius 2 is 2.04 bits per heavy atom. The lowest BCUT2D eigenvalue weighted by Gasteiger charge is -2.33. The van der Waals surface area contributed by atoms with Gasteiger partial charge in [-0.25, -0.2) is 15.0 Å². The summed E-state index contributed by atoms with van der Waals surface area (Å²) in [4.78, 5) is 30.1. The Hall–Kier alpha value is -2.58. The summed E-state index contributed by atoms with van der Waals surface area (Å²) in [6.45, 7) is 1.52. The van der Waals surface area contributed by atoms with Gasteiger partial charge in [0, 0.05) is 34.9 Å². The summed E-state index contributed by atoms with van der Waals surface area (Å²) in [7, 11) is 0. The number of rotatable bonds is 5. The van der Waals surface area contributed by atoms with Gasteiger partial charge in [0.25, 0.3) is 0 Å². The molecule has 1 saturated heterocycles. The predicted molar refractivity (Wildman–Crippen MR) is 110 cm³/mol. The van der Waals surface area contributed by atoms with Gasteiger partial charge < -0.3 is 20.5 Å². The largest absolute Gasteiger partial charge is 0.376 e. The number of imidazole rings is 1. The maximum atomic E-state index is 12.6. The average Bonchev–Trinajstić information content (AvgIpc) is 3.15. The number of aromatic amines is 1. The van der Waals surface area contributed by atoms with Crippen molar-refractivity contribution in [2.45, 2.75) is 18.9 Å². The Balaban J connectivity index is 1.36. The molecule has 1 aromatic carbocycles. The molecular formula is C18H19Cl2N7O. The minimum absolute atomic E-state index is 0.0250. The zero-order chi connectivity index (χ0) is 19.5. The number of likely N-dealkylation sites (tertiary alicyclic amines) is 1. The number of fused-ring (bicyclic) bond motifs is 1. The molecule has 28 heavy (non-hydrogen) atoms. The van der Waals surface area contributed by atoms with Crippen LogP contribution >= 0.6 is 23.2 Å². The molecule has 3 N–H and O–H groups in total. The van der Waals surface area contributed by atoms with Crippen LogP contribution in [-0.2, 0) is 4.79 Å². The molecule has 3 aromatic rings. The second-order valence-corrected chi connectivity index (χ2v) is 7.53. The molecule has 0 unspecified atom stereocenters. The van der Waals surface area contributed by atoms with Gasteiger partial charge in [-0.3, -0.25) is 4.79 Å². The highest BCUT2D eigenvalue weighted by Gasteiger charge is 2.24. The molecule has 146 valence electrons. The lowest BCUT2D eigenvalue weighted by molar-refractivity contribution is -0.130. The zero-order valence-electron chi connectivity index (χ0n) is 15.0. The van der Waals surface area contributed by atoms with E-state index in [1.54, 1.807) is 24.5 Å². The van der Waals surface area contributed by atoms with E-state index in [4.69, 9.17) is 23.2 Å². The molecule has 0 spiro atoms. The Morgan fingerprint density at radius 1 is 1.21 bits per heavy atom. The van der Waals surface area contributed by atoms with Crippen molar-refractivity contribution in [3.05, 3.63) is 40.9 Å². The van der Waals surface area contributed by atoms with Gasteiger partial charge in [-0.05, 0) is 31.0 Å². The fourth-order valence-corrected chi connectivity index (χ4v) is 3.86. The molecule has 1 aliphatic heterocycles. The van der Waals surface area contributed by atoms with Crippen molar-refractivity contribution in [1.29, 1.82) is 0 Å². The van der Waals surface area contributed by atoms with Gasteiger partial charge >= 0.3 is 0 Å². The molecule has 0 aliphatic carbocycles. The van der Waals surface area contributed by atoms with Crippen LogP contribution in [0, 0.1) is 0 Å². The minimum Gasteiger partial charge on any atom is -0.376 e. The lowest BCUT2D eigenvalue weighted by atomic mass is 10.1. The van der Waals surface area contributed by atoms with E-state index in [0.29, 0.717) is 28.1 Å². The van der Waals surface area contributed by atoms with Crippen molar-refractivity contribution in [1.82, 2.24) is 24.8 Å². The molecule has 2 aromatic heterocycles. The SMILES string of the molecule is O=C(CNc1cc(Cl)cc(Cl)c1)N1CCC[C@H](Nc2ncnc3nc[nH]c23)C1. The highest BCUT2D eigenvalue weighted by Crippen LogP contribution is 2.23. The molecule has 1 fully saturated rings. The summed E-state index contributed by atoms with van der Waals surface area (Å²) < 4.78 is 0. The van der Waals surface area contributed by atoms with Gasteiger partial charge in [0.2, 0.25) is 5.91 Å². The van der Waals surface area contributed by atoms with E-state index in [1.807, 2.05) is 4.90 Å². The number of nitrogens with one attached hydrogen (secondary N) is 3. The van der Waals surface area contributed by atoms with Crippen LogP contribution in [0.4, 0.5) is 11.5 Å². The fraction of sp³-hybridized carbons (Fsp3) is 0.333. The number of anilines is 2. The first-order valence-electron chi connectivity index (χ1n) is 8.97. The maximum absolute atomic E-state index is 12.6. The molecular weight excluding hydrogens is 401 g/mol. The molecule has 0 radical (unpaired) electrons. The molecule has 4 rings (SSSR count). The molecule has 0 saturated carbocycles. The van der Waals surface area contributed by atoms with Crippen molar-refractivity contribution in [2.24, 2.45) is 0 Å². The zero-order valence-corrected chi connectivity index (χ0v) is 16.5. The number of hydrogen-bond donors (Lipinski definition) is 3. The smallest absolute Gasteiger partial charge is 0.241 e. The van der Waals surface area contributed by atoms with Crippen LogP contribution < -0.4 is 10.6 Å². The van der Waals surface area contributed by atoms with Crippen LogP contribution in [-0.4, -0.2) is 56.4 Å². The third-order valence-corrected chi connectivity index (χ3v) is 5.08. The minimum atomic E-state index is 0.0250. The number of carbonyl (C=O) groups is 1. The van der Waals surface area contributed by atoms with Crippen LogP contribution in [0.1, 0.15) is 12.8 Å². The van der Waals surface area contributed by atoms with Crippen LogP contribution in [0.3, 0.4) is 0 Å². The van der Waals surface area contributed by atoms with E-state index in [9.17, 15) is 4.79 Å². The summed E-state index contributed by atoms with van der Waals surface area (Å²) in [5, 5.41) is 7.56. The van der Waals surface area contributed by atoms with E-state index in [0.717, 1.165) is 30.6 Å². The van der Waals surface area contributed by atoms with Crippen LogP contribution in [0.25, 0.3) is 11.2 Å². The van der Waals surface area contributed by atoms with Crippen LogP contribution in [0.5, 0.6) is 0 Å². The number of H-pyrrole nitrogens is 1. The first-order valence-corrected chi connectivity index (χ1v) is 9.72.